The average Bonchev–Trinajstić information content (AvgIpc) is 2.89. The number of hydrogen-bond donors (Lipinski definition) is 2. The Morgan fingerprint density at radius 3 is 2.71 bits per heavy atom. The fraction of sp³-hybridized carbons (Fsp3) is 0.267. The van der Waals surface area contributed by atoms with Crippen LogP contribution < -0.4 is 11.1 Å². The Balaban J connectivity index is 1.97. The van der Waals surface area contributed by atoms with Crippen LogP contribution in [0.4, 0.5) is 0 Å². The van der Waals surface area contributed by atoms with Crippen molar-refractivity contribution in [2.75, 3.05) is 0 Å². The van der Waals surface area contributed by atoms with E-state index in [0.29, 0.717) is 12.2 Å². The molecule has 0 aliphatic rings. The van der Waals surface area contributed by atoms with E-state index in [0.717, 1.165) is 11.3 Å². The average molecular weight is 303 g/mol. The van der Waals surface area contributed by atoms with E-state index < -0.39 is 5.92 Å². The minimum atomic E-state index is -0.536. The first-order chi connectivity index (χ1) is 10.1. The molecule has 1 unspecified atom stereocenters. The Kier molecular flexibility index (Phi) is 5.05. The van der Waals surface area contributed by atoms with Gasteiger partial charge in [0, 0.05) is 6.07 Å². The number of nitrogens with zero attached hydrogens (tertiary/aromatic N) is 1. The summed E-state index contributed by atoms with van der Waals surface area (Å²) < 4.78 is 5.04. The van der Waals surface area contributed by atoms with Gasteiger partial charge in [0.1, 0.15) is 0 Å². The van der Waals surface area contributed by atoms with Crippen LogP contribution in [0.5, 0.6) is 0 Å². The Bertz CT molecular complexity index is 625. The van der Waals surface area contributed by atoms with Crippen molar-refractivity contribution >= 4 is 23.1 Å². The number of amides is 1. The summed E-state index contributed by atoms with van der Waals surface area (Å²) in [5.41, 5.74) is 7.48. The third-order valence-corrected chi connectivity index (χ3v) is 3.34. The predicted molar refractivity (Wildman–Crippen MR) is 83.5 cm³/mol. The molecule has 3 N–H and O–H groups in total. The highest BCUT2D eigenvalue weighted by Gasteiger charge is 2.22. The van der Waals surface area contributed by atoms with Crippen molar-refractivity contribution in [3.8, 4) is 0 Å². The largest absolute Gasteiger partial charge is 0.393 e. The lowest BCUT2D eigenvalue weighted by molar-refractivity contribution is -0.123. The van der Waals surface area contributed by atoms with E-state index in [-0.39, 0.29) is 17.4 Å². The van der Waals surface area contributed by atoms with Crippen LogP contribution in [-0.2, 0) is 17.8 Å². The summed E-state index contributed by atoms with van der Waals surface area (Å²) in [5, 5.41) is 6.54. The Morgan fingerprint density at radius 1 is 1.43 bits per heavy atom. The maximum absolute atomic E-state index is 12.2. The van der Waals surface area contributed by atoms with Crippen molar-refractivity contribution in [3.05, 3.63) is 53.4 Å². The van der Waals surface area contributed by atoms with Gasteiger partial charge in [0.2, 0.25) is 5.91 Å². The van der Waals surface area contributed by atoms with Crippen LogP contribution >= 0.6 is 12.2 Å². The SMILES string of the molecule is Cc1cc(CNC(=O)C(Cc2ccccc2)C(N)=S)on1. The van der Waals surface area contributed by atoms with Gasteiger partial charge in [0.25, 0.3) is 0 Å². The van der Waals surface area contributed by atoms with E-state index in [1.54, 1.807) is 6.07 Å². The maximum Gasteiger partial charge on any atom is 0.230 e. The van der Waals surface area contributed by atoms with Crippen molar-refractivity contribution in [1.29, 1.82) is 0 Å². The normalized spacial score (nSPS) is 11.9. The van der Waals surface area contributed by atoms with E-state index in [9.17, 15) is 4.79 Å². The van der Waals surface area contributed by atoms with E-state index in [1.807, 2.05) is 37.3 Å². The number of carbonyl (C=O) groups excluding carboxylic acids is 1. The Morgan fingerprint density at radius 2 is 2.14 bits per heavy atom. The molecule has 0 saturated heterocycles. The molecule has 0 bridgehead atoms. The molecule has 0 saturated carbocycles. The van der Waals surface area contributed by atoms with Crippen molar-refractivity contribution in [3.63, 3.8) is 0 Å². The molecular formula is C15H17N3O2S. The van der Waals surface area contributed by atoms with Crippen molar-refractivity contribution in [1.82, 2.24) is 10.5 Å². The third kappa shape index (κ3) is 4.39. The van der Waals surface area contributed by atoms with Gasteiger partial charge in [-0.1, -0.05) is 47.7 Å². The molecule has 1 heterocycles. The quantitative estimate of drug-likeness (QED) is 0.795. The maximum atomic E-state index is 12.2. The van der Waals surface area contributed by atoms with Gasteiger partial charge in [0.05, 0.1) is 23.1 Å². The first-order valence-electron chi connectivity index (χ1n) is 6.59. The highest BCUT2D eigenvalue weighted by atomic mass is 32.1. The van der Waals surface area contributed by atoms with E-state index in [2.05, 4.69) is 10.5 Å². The third-order valence-electron chi connectivity index (χ3n) is 3.06. The fourth-order valence-electron chi connectivity index (χ4n) is 1.97. The van der Waals surface area contributed by atoms with Gasteiger partial charge in [0.15, 0.2) is 5.76 Å². The number of nitrogens with two attached hydrogens (primary N) is 1. The summed E-state index contributed by atoms with van der Waals surface area (Å²) >= 11 is 5.01. The Labute approximate surface area is 128 Å². The van der Waals surface area contributed by atoms with Crippen LogP contribution in [0.3, 0.4) is 0 Å². The Hall–Kier alpha value is -2.21. The van der Waals surface area contributed by atoms with Crippen molar-refractivity contribution in [2.24, 2.45) is 11.7 Å². The zero-order valence-electron chi connectivity index (χ0n) is 11.7. The molecule has 0 aliphatic heterocycles. The predicted octanol–water partition coefficient (Wildman–Crippen LogP) is 1.74. The molecule has 2 aromatic rings. The smallest absolute Gasteiger partial charge is 0.230 e. The number of hydrogen-bond acceptors (Lipinski definition) is 4. The van der Waals surface area contributed by atoms with Crippen LogP contribution in [0.1, 0.15) is 17.0 Å². The van der Waals surface area contributed by atoms with E-state index in [4.69, 9.17) is 22.5 Å². The van der Waals surface area contributed by atoms with Crippen molar-refractivity contribution < 1.29 is 9.32 Å². The van der Waals surface area contributed by atoms with Gasteiger partial charge in [-0.15, -0.1) is 0 Å². The number of benzene rings is 1. The first kappa shape index (κ1) is 15.2. The number of thiocarbonyl (C=S) groups is 1. The van der Waals surface area contributed by atoms with Gasteiger partial charge in [-0.3, -0.25) is 4.79 Å². The number of rotatable bonds is 6. The highest BCUT2D eigenvalue weighted by molar-refractivity contribution is 7.80. The number of nitrogens with one attached hydrogen (secondary N) is 1. The molecule has 2 rings (SSSR count). The van der Waals surface area contributed by atoms with Crippen LogP contribution in [0, 0.1) is 12.8 Å². The van der Waals surface area contributed by atoms with E-state index in [1.165, 1.54) is 0 Å². The summed E-state index contributed by atoms with van der Waals surface area (Å²) in [6.45, 7) is 2.09. The molecule has 0 radical (unpaired) electrons. The second-order valence-electron chi connectivity index (χ2n) is 4.80. The summed E-state index contributed by atoms with van der Waals surface area (Å²) in [4.78, 5) is 12.4. The highest BCUT2D eigenvalue weighted by Crippen LogP contribution is 2.10. The van der Waals surface area contributed by atoms with Crippen LogP contribution in [0.25, 0.3) is 0 Å². The molecule has 21 heavy (non-hydrogen) atoms. The molecule has 1 atom stereocenters. The summed E-state index contributed by atoms with van der Waals surface area (Å²) in [7, 11) is 0. The van der Waals surface area contributed by atoms with Gasteiger partial charge in [-0.25, -0.2) is 0 Å². The van der Waals surface area contributed by atoms with Crippen LogP contribution in [-0.4, -0.2) is 16.1 Å². The monoisotopic (exact) mass is 303 g/mol. The molecule has 0 fully saturated rings. The molecule has 6 heteroatoms. The molecule has 5 nitrogen and oxygen atoms in total. The second-order valence-corrected chi connectivity index (χ2v) is 5.27. The standard InChI is InChI=1S/C15H17N3O2S/c1-10-7-12(20-18-10)9-17-15(19)13(14(16)21)8-11-5-3-2-4-6-11/h2-7,13H,8-9H2,1H3,(H2,16,21)(H,17,19). The zero-order chi connectivity index (χ0) is 15.2. The van der Waals surface area contributed by atoms with Gasteiger partial charge >= 0.3 is 0 Å². The molecule has 1 amide bonds. The summed E-state index contributed by atoms with van der Waals surface area (Å²) in [5.74, 6) is -0.144. The molecule has 0 spiro atoms. The molecule has 1 aromatic heterocycles. The summed E-state index contributed by atoms with van der Waals surface area (Å²) in [6.07, 6.45) is 0.484. The minimum Gasteiger partial charge on any atom is -0.393 e. The molecular weight excluding hydrogens is 286 g/mol. The number of aryl methyl sites for hydroxylation is 1. The van der Waals surface area contributed by atoms with Gasteiger partial charge in [-0.05, 0) is 18.9 Å². The van der Waals surface area contributed by atoms with E-state index >= 15 is 0 Å². The lowest BCUT2D eigenvalue weighted by Crippen LogP contribution is -2.38. The zero-order valence-corrected chi connectivity index (χ0v) is 12.5. The van der Waals surface area contributed by atoms with Gasteiger partial charge < -0.3 is 15.6 Å². The number of carbonyl (C=O) groups is 1. The lowest BCUT2D eigenvalue weighted by atomic mass is 9.98. The minimum absolute atomic E-state index is 0.185. The topological polar surface area (TPSA) is 81.2 Å². The van der Waals surface area contributed by atoms with Crippen molar-refractivity contribution in [2.45, 2.75) is 19.9 Å². The molecule has 1 aromatic carbocycles. The molecule has 110 valence electrons. The van der Waals surface area contributed by atoms with Crippen LogP contribution in [0.15, 0.2) is 40.9 Å². The van der Waals surface area contributed by atoms with Gasteiger partial charge in [-0.2, -0.15) is 0 Å². The number of aromatic nitrogens is 1. The van der Waals surface area contributed by atoms with Crippen LogP contribution in [0.2, 0.25) is 0 Å². The second kappa shape index (κ2) is 6.99. The summed E-state index contributed by atoms with van der Waals surface area (Å²) in [6, 6.07) is 11.4. The fourth-order valence-corrected chi connectivity index (χ4v) is 2.16. The lowest BCUT2D eigenvalue weighted by Gasteiger charge is -2.15. The first-order valence-corrected chi connectivity index (χ1v) is 7.00. The molecule has 0 aliphatic carbocycles.